The minimum absolute atomic E-state index is 0.162. The summed E-state index contributed by atoms with van der Waals surface area (Å²) < 4.78 is 0. The molecule has 1 aliphatic rings. The molecule has 1 aromatic heterocycles. The lowest BCUT2D eigenvalue weighted by atomic mass is 9.75. The van der Waals surface area contributed by atoms with Crippen LogP contribution in [-0.4, -0.2) is 28.0 Å². The van der Waals surface area contributed by atoms with Gasteiger partial charge in [-0.3, -0.25) is 0 Å². The number of hydrogen-bond donors (Lipinski definition) is 1. The molecule has 0 bridgehead atoms. The van der Waals surface area contributed by atoms with Gasteiger partial charge in [-0.15, -0.1) is 0 Å². The van der Waals surface area contributed by atoms with E-state index in [1.807, 2.05) is 0 Å². The molecule has 1 aromatic rings. The molecule has 0 atom stereocenters. The van der Waals surface area contributed by atoms with Crippen molar-refractivity contribution in [3.05, 3.63) is 5.28 Å². The van der Waals surface area contributed by atoms with Crippen LogP contribution in [0.4, 0.5) is 11.9 Å². The van der Waals surface area contributed by atoms with Crippen LogP contribution in [0.1, 0.15) is 33.6 Å². The van der Waals surface area contributed by atoms with Gasteiger partial charge in [-0.05, 0) is 35.8 Å². The van der Waals surface area contributed by atoms with Gasteiger partial charge in [0.25, 0.3) is 0 Å². The number of anilines is 2. The van der Waals surface area contributed by atoms with Crippen molar-refractivity contribution in [2.75, 3.05) is 23.7 Å². The summed E-state index contributed by atoms with van der Waals surface area (Å²) >= 11 is 5.80. The van der Waals surface area contributed by atoms with Crippen LogP contribution in [-0.2, 0) is 0 Å². The molecular formula is C12H20ClN5. The number of nitrogens with zero attached hydrogens (tertiary/aromatic N) is 4. The number of aromatic nitrogens is 3. The van der Waals surface area contributed by atoms with Crippen LogP contribution in [0.15, 0.2) is 0 Å². The third-order valence-corrected chi connectivity index (χ3v) is 3.79. The molecule has 0 aliphatic carbocycles. The fourth-order valence-electron chi connectivity index (χ4n) is 2.44. The molecule has 0 saturated carbocycles. The van der Waals surface area contributed by atoms with Crippen molar-refractivity contribution in [2.24, 2.45) is 11.3 Å². The Morgan fingerprint density at radius 1 is 1.17 bits per heavy atom. The maximum absolute atomic E-state index is 5.80. The van der Waals surface area contributed by atoms with E-state index in [0.29, 0.717) is 11.4 Å². The Morgan fingerprint density at radius 3 is 2.28 bits per heavy atom. The Bertz CT molecular complexity index is 401. The molecule has 2 N–H and O–H groups in total. The lowest BCUT2D eigenvalue weighted by Gasteiger charge is -2.38. The van der Waals surface area contributed by atoms with Crippen LogP contribution in [0.5, 0.6) is 0 Å². The van der Waals surface area contributed by atoms with Crippen molar-refractivity contribution in [2.45, 2.75) is 33.6 Å². The highest BCUT2D eigenvalue weighted by Crippen LogP contribution is 2.35. The molecule has 6 heteroatoms. The number of nitrogens with two attached hydrogens (primary N) is 1. The van der Waals surface area contributed by atoms with E-state index >= 15 is 0 Å². The Balaban J connectivity index is 2.05. The summed E-state index contributed by atoms with van der Waals surface area (Å²) in [5, 5.41) is 0.162. The second-order valence-electron chi connectivity index (χ2n) is 5.89. The molecule has 0 spiro atoms. The summed E-state index contributed by atoms with van der Waals surface area (Å²) in [6, 6.07) is 0. The quantitative estimate of drug-likeness (QED) is 0.848. The van der Waals surface area contributed by atoms with Crippen molar-refractivity contribution in [1.29, 1.82) is 0 Å². The van der Waals surface area contributed by atoms with Gasteiger partial charge in [0, 0.05) is 13.1 Å². The van der Waals surface area contributed by atoms with Gasteiger partial charge < -0.3 is 10.6 Å². The zero-order chi connectivity index (χ0) is 13.3. The van der Waals surface area contributed by atoms with Crippen LogP contribution < -0.4 is 10.6 Å². The summed E-state index contributed by atoms with van der Waals surface area (Å²) in [6.45, 7) is 8.78. The van der Waals surface area contributed by atoms with E-state index < -0.39 is 0 Å². The molecule has 1 fully saturated rings. The van der Waals surface area contributed by atoms with Gasteiger partial charge in [0.1, 0.15) is 0 Å². The van der Waals surface area contributed by atoms with Gasteiger partial charge >= 0.3 is 0 Å². The first kappa shape index (κ1) is 13.3. The van der Waals surface area contributed by atoms with Gasteiger partial charge in [0.05, 0.1) is 0 Å². The molecule has 2 rings (SSSR count). The molecule has 0 amide bonds. The Labute approximate surface area is 113 Å². The summed E-state index contributed by atoms with van der Waals surface area (Å²) in [7, 11) is 0. The first-order chi connectivity index (χ1) is 8.36. The minimum atomic E-state index is 0.162. The molecule has 18 heavy (non-hydrogen) atoms. The van der Waals surface area contributed by atoms with E-state index in [9.17, 15) is 0 Å². The van der Waals surface area contributed by atoms with Crippen LogP contribution in [0.25, 0.3) is 0 Å². The predicted octanol–water partition coefficient (Wildman–Crippen LogP) is 2.37. The molecule has 2 heterocycles. The van der Waals surface area contributed by atoms with Gasteiger partial charge in [-0.1, -0.05) is 20.8 Å². The molecule has 1 aliphatic heterocycles. The van der Waals surface area contributed by atoms with E-state index in [1.54, 1.807) is 0 Å². The number of halogens is 1. The monoisotopic (exact) mass is 269 g/mol. The second kappa shape index (κ2) is 4.88. The first-order valence-electron chi connectivity index (χ1n) is 6.28. The predicted molar refractivity (Wildman–Crippen MR) is 73.6 cm³/mol. The summed E-state index contributed by atoms with van der Waals surface area (Å²) in [6.07, 6.45) is 2.29. The standard InChI is InChI=1S/C12H20ClN5/c1-12(2,3)8-4-6-18(7-5-8)11-16-9(13)15-10(14)17-11/h8H,4-7H2,1-3H3,(H2,14,15,16,17). The van der Waals surface area contributed by atoms with E-state index in [4.69, 9.17) is 17.3 Å². The SMILES string of the molecule is CC(C)(C)C1CCN(c2nc(N)nc(Cl)n2)CC1. The van der Waals surface area contributed by atoms with Gasteiger partial charge in [0.15, 0.2) is 0 Å². The van der Waals surface area contributed by atoms with E-state index in [2.05, 4.69) is 40.6 Å². The minimum Gasteiger partial charge on any atom is -0.368 e. The Hall–Kier alpha value is -1.10. The molecule has 0 unspecified atom stereocenters. The van der Waals surface area contributed by atoms with E-state index in [1.165, 1.54) is 0 Å². The van der Waals surface area contributed by atoms with Crippen molar-refractivity contribution in [3.8, 4) is 0 Å². The molecule has 0 radical (unpaired) electrons. The lowest BCUT2D eigenvalue weighted by molar-refractivity contribution is 0.198. The van der Waals surface area contributed by atoms with Crippen molar-refractivity contribution < 1.29 is 0 Å². The number of hydrogen-bond acceptors (Lipinski definition) is 5. The third-order valence-electron chi connectivity index (χ3n) is 3.62. The lowest BCUT2D eigenvalue weighted by Crippen LogP contribution is -2.39. The zero-order valence-electron chi connectivity index (χ0n) is 11.1. The Kier molecular flexibility index (Phi) is 3.61. The van der Waals surface area contributed by atoms with Crippen LogP contribution in [0, 0.1) is 11.3 Å². The highest BCUT2D eigenvalue weighted by Gasteiger charge is 2.29. The topological polar surface area (TPSA) is 67.9 Å². The number of rotatable bonds is 1. The summed E-state index contributed by atoms with van der Waals surface area (Å²) in [5.41, 5.74) is 5.95. The average molecular weight is 270 g/mol. The van der Waals surface area contributed by atoms with Crippen LogP contribution >= 0.6 is 11.6 Å². The molecule has 1 saturated heterocycles. The summed E-state index contributed by atoms with van der Waals surface area (Å²) in [5.74, 6) is 1.52. The molecule has 0 aromatic carbocycles. The Morgan fingerprint density at radius 2 is 1.78 bits per heavy atom. The molecule has 100 valence electrons. The fraction of sp³-hybridized carbons (Fsp3) is 0.750. The summed E-state index contributed by atoms with van der Waals surface area (Å²) in [4.78, 5) is 14.2. The van der Waals surface area contributed by atoms with Gasteiger partial charge in [0.2, 0.25) is 17.2 Å². The highest BCUT2D eigenvalue weighted by atomic mass is 35.5. The number of nitrogen functional groups attached to an aromatic ring is 1. The van der Waals surface area contributed by atoms with Crippen LogP contribution in [0.3, 0.4) is 0 Å². The van der Waals surface area contributed by atoms with Gasteiger partial charge in [-0.2, -0.15) is 15.0 Å². The van der Waals surface area contributed by atoms with Crippen molar-refractivity contribution >= 4 is 23.5 Å². The fourth-order valence-corrected chi connectivity index (χ4v) is 2.60. The van der Waals surface area contributed by atoms with E-state index in [-0.39, 0.29) is 11.2 Å². The first-order valence-corrected chi connectivity index (χ1v) is 6.66. The maximum atomic E-state index is 5.80. The normalized spacial score (nSPS) is 18.1. The smallest absolute Gasteiger partial charge is 0.231 e. The third kappa shape index (κ3) is 3.02. The van der Waals surface area contributed by atoms with Crippen LogP contribution in [0.2, 0.25) is 5.28 Å². The largest absolute Gasteiger partial charge is 0.368 e. The maximum Gasteiger partial charge on any atom is 0.231 e. The molecule has 5 nitrogen and oxygen atoms in total. The number of piperidine rings is 1. The highest BCUT2D eigenvalue weighted by molar-refractivity contribution is 6.28. The van der Waals surface area contributed by atoms with Crippen molar-refractivity contribution in [3.63, 3.8) is 0 Å². The second-order valence-corrected chi connectivity index (χ2v) is 6.23. The van der Waals surface area contributed by atoms with Crippen molar-refractivity contribution in [1.82, 2.24) is 15.0 Å². The average Bonchev–Trinajstić information content (AvgIpc) is 2.27. The molecular weight excluding hydrogens is 250 g/mol. The van der Waals surface area contributed by atoms with E-state index in [0.717, 1.165) is 31.8 Å². The zero-order valence-corrected chi connectivity index (χ0v) is 11.9. The van der Waals surface area contributed by atoms with Gasteiger partial charge in [-0.25, -0.2) is 0 Å².